The molecule has 0 radical (unpaired) electrons. The van der Waals surface area contributed by atoms with Crippen molar-refractivity contribution in [3.8, 4) is 12.1 Å². The highest BCUT2D eigenvalue weighted by atomic mass is 16.5. The van der Waals surface area contributed by atoms with Crippen LogP contribution in [-0.2, 0) is 23.9 Å². The minimum absolute atomic E-state index is 0.156. The summed E-state index contributed by atoms with van der Waals surface area (Å²) >= 11 is 0. The van der Waals surface area contributed by atoms with Crippen molar-refractivity contribution >= 4 is 17.7 Å². The second-order valence-corrected chi connectivity index (χ2v) is 6.15. The fraction of sp³-hybridized carbons (Fsp3) is 0.650. The van der Waals surface area contributed by atoms with E-state index < -0.39 is 11.9 Å². The van der Waals surface area contributed by atoms with Crippen molar-refractivity contribution in [1.82, 2.24) is 0 Å². The number of hydrogen-bond donors (Lipinski definition) is 0. The molecule has 0 aromatic carbocycles. The van der Waals surface area contributed by atoms with Crippen molar-refractivity contribution in [2.75, 3.05) is 14.2 Å². The van der Waals surface area contributed by atoms with Crippen molar-refractivity contribution in [2.45, 2.75) is 70.6 Å². The minimum atomic E-state index is -0.487. The maximum absolute atomic E-state index is 11.1. The summed E-state index contributed by atoms with van der Waals surface area (Å²) in [4.78, 5) is 31.6. The van der Waals surface area contributed by atoms with Gasteiger partial charge in [-0.05, 0) is 44.1 Å². The Morgan fingerprint density at radius 3 is 1.70 bits per heavy atom. The number of hydrogen-bond acceptors (Lipinski definition) is 7. The van der Waals surface area contributed by atoms with Gasteiger partial charge in [-0.15, -0.1) is 0 Å². The molecule has 7 nitrogen and oxygen atoms in total. The van der Waals surface area contributed by atoms with Gasteiger partial charge in [0.2, 0.25) is 0 Å². The van der Waals surface area contributed by atoms with Gasteiger partial charge in [0.05, 0.1) is 20.3 Å². The standard InChI is InChI=1S/C10H13NO2.C6H10O.C4H5NO2/c1-13-10(12)9(7-11)8-5-3-2-4-6-8;7-6-4-2-1-3-5-6;1-7-4(6)2-3-5/h2-6H2,1H3;1-5H2;2H2,1H3. The Morgan fingerprint density at radius 2 is 1.41 bits per heavy atom. The number of esters is 2. The van der Waals surface area contributed by atoms with Gasteiger partial charge in [-0.1, -0.05) is 12.8 Å². The third kappa shape index (κ3) is 11.5. The van der Waals surface area contributed by atoms with Crippen LogP contribution in [0.15, 0.2) is 11.1 Å². The molecule has 2 aliphatic rings. The van der Waals surface area contributed by atoms with E-state index in [-0.39, 0.29) is 12.0 Å². The smallest absolute Gasteiger partial charge is 0.348 e. The fourth-order valence-electron chi connectivity index (χ4n) is 2.68. The van der Waals surface area contributed by atoms with Crippen LogP contribution in [0.1, 0.15) is 70.6 Å². The molecular weight excluding hydrogens is 348 g/mol. The van der Waals surface area contributed by atoms with Crippen molar-refractivity contribution in [3.63, 3.8) is 0 Å². The fourth-order valence-corrected chi connectivity index (χ4v) is 2.68. The predicted molar refractivity (Wildman–Crippen MR) is 98.1 cm³/mol. The van der Waals surface area contributed by atoms with E-state index in [1.807, 2.05) is 6.07 Å². The van der Waals surface area contributed by atoms with Crippen LogP contribution in [0.25, 0.3) is 0 Å². The molecule has 2 aliphatic carbocycles. The molecule has 0 saturated heterocycles. The zero-order chi connectivity index (χ0) is 20.5. The van der Waals surface area contributed by atoms with Crippen LogP contribution in [0.2, 0.25) is 0 Å². The Hall–Kier alpha value is -2.67. The van der Waals surface area contributed by atoms with E-state index in [0.717, 1.165) is 56.9 Å². The van der Waals surface area contributed by atoms with Gasteiger partial charge in [-0.3, -0.25) is 9.59 Å². The van der Waals surface area contributed by atoms with E-state index in [1.165, 1.54) is 27.1 Å². The van der Waals surface area contributed by atoms with Crippen LogP contribution in [0.5, 0.6) is 0 Å². The van der Waals surface area contributed by atoms with Crippen LogP contribution in [0.4, 0.5) is 0 Å². The molecular formula is C20H28N2O5. The monoisotopic (exact) mass is 376 g/mol. The first-order valence-corrected chi connectivity index (χ1v) is 9.16. The first kappa shape index (κ1) is 24.3. The highest BCUT2D eigenvalue weighted by molar-refractivity contribution is 5.93. The number of carbonyl (C=O) groups is 3. The topological polar surface area (TPSA) is 117 Å². The first-order chi connectivity index (χ1) is 13.0. The second kappa shape index (κ2) is 15.6. The van der Waals surface area contributed by atoms with E-state index in [4.69, 9.17) is 10.5 Å². The molecule has 0 amide bonds. The normalized spacial score (nSPS) is 15.4. The van der Waals surface area contributed by atoms with Gasteiger partial charge in [0.15, 0.2) is 0 Å². The van der Waals surface area contributed by atoms with Crippen molar-refractivity contribution in [2.24, 2.45) is 0 Å². The van der Waals surface area contributed by atoms with E-state index >= 15 is 0 Å². The van der Waals surface area contributed by atoms with Crippen molar-refractivity contribution in [1.29, 1.82) is 10.5 Å². The Morgan fingerprint density at radius 1 is 0.889 bits per heavy atom. The molecule has 148 valence electrons. The van der Waals surface area contributed by atoms with Gasteiger partial charge in [0, 0.05) is 12.8 Å². The van der Waals surface area contributed by atoms with Crippen molar-refractivity contribution < 1.29 is 23.9 Å². The molecule has 0 aliphatic heterocycles. The minimum Gasteiger partial charge on any atom is -0.468 e. The lowest BCUT2D eigenvalue weighted by Crippen LogP contribution is -2.08. The molecule has 0 N–H and O–H groups in total. The molecule has 0 aromatic heterocycles. The highest BCUT2D eigenvalue weighted by Crippen LogP contribution is 2.25. The predicted octanol–water partition coefficient (Wildman–Crippen LogP) is 3.54. The number of nitrogens with zero attached hydrogens (tertiary/aromatic N) is 2. The zero-order valence-electron chi connectivity index (χ0n) is 16.2. The molecule has 0 atom stereocenters. The maximum Gasteiger partial charge on any atom is 0.348 e. The Labute approximate surface area is 160 Å². The molecule has 0 bridgehead atoms. The van der Waals surface area contributed by atoms with Gasteiger partial charge in [-0.2, -0.15) is 10.5 Å². The summed E-state index contributed by atoms with van der Waals surface area (Å²) in [6.07, 6.45) is 10.2. The van der Waals surface area contributed by atoms with E-state index in [2.05, 4.69) is 9.47 Å². The molecule has 2 saturated carbocycles. The average molecular weight is 376 g/mol. The second-order valence-electron chi connectivity index (χ2n) is 6.15. The van der Waals surface area contributed by atoms with Crippen LogP contribution in [0, 0.1) is 22.7 Å². The molecule has 2 rings (SSSR count). The number of Topliss-reactive ketones (excluding diaryl/α,β-unsaturated/α-hetero) is 1. The molecule has 27 heavy (non-hydrogen) atoms. The Bertz CT molecular complexity index is 595. The number of ether oxygens (including phenoxy) is 2. The summed E-state index contributed by atoms with van der Waals surface area (Å²) < 4.78 is 8.67. The summed E-state index contributed by atoms with van der Waals surface area (Å²) in [6.45, 7) is 0. The third-order valence-corrected chi connectivity index (χ3v) is 4.17. The molecule has 2 fully saturated rings. The molecule has 7 heteroatoms. The quantitative estimate of drug-likeness (QED) is 0.411. The van der Waals surface area contributed by atoms with Crippen LogP contribution < -0.4 is 0 Å². The molecule has 0 unspecified atom stereocenters. The van der Waals surface area contributed by atoms with Crippen LogP contribution in [-0.4, -0.2) is 31.9 Å². The number of carbonyl (C=O) groups excluding carboxylic acids is 3. The van der Waals surface area contributed by atoms with E-state index in [0.29, 0.717) is 5.78 Å². The average Bonchev–Trinajstić information content (AvgIpc) is 2.71. The summed E-state index contributed by atoms with van der Waals surface area (Å²) in [5.41, 5.74) is 1.20. The lowest BCUT2D eigenvalue weighted by molar-refractivity contribution is -0.139. The number of nitriles is 2. The zero-order valence-corrected chi connectivity index (χ0v) is 16.2. The molecule has 0 heterocycles. The molecule has 0 spiro atoms. The number of allylic oxidation sites excluding steroid dienone is 1. The van der Waals surface area contributed by atoms with Gasteiger partial charge >= 0.3 is 11.9 Å². The summed E-state index contributed by atoms with van der Waals surface area (Å²) in [7, 11) is 2.56. The summed E-state index contributed by atoms with van der Waals surface area (Å²) in [5, 5.41) is 16.6. The van der Waals surface area contributed by atoms with Gasteiger partial charge in [0.1, 0.15) is 23.8 Å². The number of ketones is 1. The van der Waals surface area contributed by atoms with E-state index in [1.54, 1.807) is 6.07 Å². The Kier molecular flexibility index (Phi) is 14.0. The van der Waals surface area contributed by atoms with Gasteiger partial charge in [-0.25, -0.2) is 4.79 Å². The first-order valence-electron chi connectivity index (χ1n) is 9.16. The van der Waals surface area contributed by atoms with Crippen LogP contribution in [0.3, 0.4) is 0 Å². The lowest BCUT2D eigenvalue weighted by atomic mass is 9.91. The number of methoxy groups -OCH3 is 2. The van der Waals surface area contributed by atoms with Gasteiger partial charge in [0.25, 0.3) is 0 Å². The summed E-state index contributed by atoms with van der Waals surface area (Å²) in [5.74, 6) is -0.506. The Balaban J connectivity index is 0.000000410. The van der Waals surface area contributed by atoms with Crippen LogP contribution >= 0.6 is 0 Å². The lowest BCUT2D eigenvalue weighted by Gasteiger charge is -2.14. The SMILES string of the molecule is COC(=O)C(C#N)=C1CCCCC1.COC(=O)CC#N.O=C1CCCCC1. The summed E-state index contributed by atoms with van der Waals surface area (Å²) in [6, 6.07) is 3.57. The third-order valence-electron chi connectivity index (χ3n) is 4.17. The largest absolute Gasteiger partial charge is 0.468 e. The van der Waals surface area contributed by atoms with E-state index in [9.17, 15) is 14.4 Å². The van der Waals surface area contributed by atoms with Crippen molar-refractivity contribution in [3.05, 3.63) is 11.1 Å². The molecule has 0 aromatic rings. The maximum atomic E-state index is 11.1. The van der Waals surface area contributed by atoms with Gasteiger partial charge < -0.3 is 9.47 Å². The number of rotatable bonds is 2. The highest BCUT2D eigenvalue weighted by Gasteiger charge is 2.17.